The number of fused-ring (bicyclic) bond motifs is 1. The molecule has 1 heterocycles. The molecule has 124 valence electrons. The Hall–Kier alpha value is -3.52. The summed E-state index contributed by atoms with van der Waals surface area (Å²) < 4.78 is 10.7. The fourth-order valence-corrected chi connectivity index (χ4v) is 2.39. The number of amides is 1. The van der Waals surface area contributed by atoms with Gasteiger partial charge in [0, 0.05) is 18.0 Å². The maximum atomic E-state index is 12.2. The third-order valence-electron chi connectivity index (χ3n) is 3.71. The lowest BCUT2D eigenvalue weighted by molar-refractivity contribution is -0.117. The van der Waals surface area contributed by atoms with Gasteiger partial charge in [0.25, 0.3) is 5.91 Å². The van der Waals surface area contributed by atoms with Gasteiger partial charge in [-0.2, -0.15) is 5.26 Å². The van der Waals surface area contributed by atoms with Gasteiger partial charge in [-0.3, -0.25) is 4.79 Å². The molecule has 0 radical (unpaired) electrons. The van der Waals surface area contributed by atoms with Crippen molar-refractivity contribution >= 4 is 23.0 Å². The van der Waals surface area contributed by atoms with Crippen molar-refractivity contribution in [1.29, 1.82) is 5.26 Å². The third-order valence-corrected chi connectivity index (χ3v) is 3.71. The summed E-state index contributed by atoms with van der Waals surface area (Å²) in [6.07, 6.45) is 1.45. The van der Waals surface area contributed by atoms with Crippen molar-refractivity contribution in [1.82, 2.24) is 5.32 Å². The Labute approximate surface area is 145 Å². The van der Waals surface area contributed by atoms with Gasteiger partial charge in [0.1, 0.15) is 28.7 Å². The van der Waals surface area contributed by atoms with Crippen molar-refractivity contribution in [2.45, 2.75) is 6.54 Å². The zero-order valence-corrected chi connectivity index (χ0v) is 13.7. The molecule has 5 nitrogen and oxygen atoms in total. The quantitative estimate of drug-likeness (QED) is 0.571. The molecule has 0 unspecified atom stereocenters. The highest BCUT2D eigenvalue weighted by Crippen LogP contribution is 2.20. The average Bonchev–Trinajstić information content (AvgIpc) is 3.07. The predicted molar refractivity (Wildman–Crippen MR) is 94.6 cm³/mol. The summed E-state index contributed by atoms with van der Waals surface area (Å²) >= 11 is 0. The first kappa shape index (κ1) is 16.3. The largest absolute Gasteiger partial charge is 0.497 e. The standard InChI is InChI=1S/C20H16N2O3/c1-24-17-8-6-14(7-9-17)13-22-20(23)16(12-21)11-18-10-15-4-2-3-5-19(15)25-18/h2-11H,13H2,1H3,(H,22,23)/b16-11+. The molecule has 25 heavy (non-hydrogen) atoms. The number of methoxy groups -OCH3 is 1. The van der Waals surface area contributed by atoms with E-state index >= 15 is 0 Å². The van der Waals surface area contributed by atoms with Gasteiger partial charge in [0.15, 0.2) is 0 Å². The molecule has 3 rings (SSSR count). The van der Waals surface area contributed by atoms with Gasteiger partial charge in [-0.25, -0.2) is 0 Å². The first-order chi connectivity index (χ1) is 12.2. The highest BCUT2D eigenvalue weighted by Gasteiger charge is 2.10. The van der Waals surface area contributed by atoms with E-state index in [-0.39, 0.29) is 5.57 Å². The van der Waals surface area contributed by atoms with Gasteiger partial charge in [-0.1, -0.05) is 30.3 Å². The van der Waals surface area contributed by atoms with Crippen molar-refractivity contribution < 1.29 is 13.9 Å². The lowest BCUT2D eigenvalue weighted by atomic mass is 10.2. The molecule has 0 saturated carbocycles. The van der Waals surface area contributed by atoms with E-state index in [4.69, 9.17) is 9.15 Å². The van der Waals surface area contributed by atoms with Crippen LogP contribution in [0.4, 0.5) is 0 Å². The molecule has 1 amide bonds. The van der Waals surface area contributed by atoms with Crippen LogP contribution in [0.25, 0.3) is 17.0 Å². The van der Waals surface area contributed by atoms with E-state index in [1.54, 1.807) is 13.2 Å². The zero-order chi connectivity index (χ0) is 17.6. The van der Waals surface area contributed by atoms with E-state index < -0.39 is 5.91 Å². The number of carbonyl (C=O) groups excluding carboxylic acids is 1. The van der Waals surface area contributed by atoms with E-state index in [9.17, 15) is 10.1 Å². The number of benzene rings is 2. The number of ether oxygens (including phenoxy) is 1. The zero-order valence-electron chi connectivity index (χ0n) is 13.7. The Morgan fingerprint density at radius 2 is 2.00 bits per heavy atom. The molecule has 0 bridgehead atoms. The number of nitriles is 1. The van der Waals surface area contributed by atoms with E-state index in [2.05, 4.69) is 5.32 Å². The summed E-state index contributed by atoms with van der Waals surface area (Å²) in [6.45, 7) is 0.321. The molecule has 0 fully saturated rings. The second-order valence-corrected chi connectivity index (χ2v) is 5.39. The highest BCUT2D eigenvalue weighted by molar-refractivity contribution is 6.01. The fourth-order valence-electron chi connectivity index (χ4n) is 2.39. The molecule has 0 saturated heterocycles. The molecule has 1 N–H and O–H groups in total. The van der Waals surface area contributed by atoms with E-state index in [1.165, 1.54) is 6.08 Å². The molecule has 5 heteroatoms. The molecule has 0 atom stereocenters. The molecule has 2 aromatic carbocycles. The Morgan fingerprint density at radius 1 is 1.24 bits per heavy atom. The molecule has 0 spiro atoms. The summed E-state index contributed by atoms with van der Waals surface area (Å²) in [5.74, 6) is 0.772. The molecular formula is C20H16N2O3. The van der Waals surface area contributed by atoms with Crippen LogP contribution in [0.1, 0.15) is 11.3 Å². The van der Waals surface area contributed by atoms with Crippen LogP contribution in [0, 0.1) is 11.3 Å². The number of nitrogens with zero attached hydrogens (tertiary/aromatic N) is 1. The Bertz CT molecular complexity index is 930. The van der Waals surface area contributed by atoms with Crippen molar-refractivity contribution in [3.63, 3.8) is 0 Å². The van der Waals surface area contributed by atoms with Gasteiger partial charge in [-0.05, 0) is 29.8 Å². The van der Waals surface area contributed by atoms with Gasteiger partial charge >= 0.3 is 0 Å². The van der Waals surface area contributed by atoms with Crippen LogP contribution in [0.5, 0.6) is 5.75 Å². The smallest absolute Gasteiger partial charge is 0.262 e. The lowest BCUT2D eigenvalue weighted by Gasteiger charge is -2.05. The van der Waals surface area contributed by atoms with Crippen molar-refractivity contribution in [2.24, 2.45) is 0 Å². The average molecular weight is 332 g/mol. The molecule has 1 aromatic heterocycles. The SMILES string of the molecule is COc1ccc(CNC(=O)/C(C#N)=C/c2cc3ccccc3o2)cc1. The van der Waals surface area contributed by atoms with E-state index in [1.807, 2.05) is 54.6 Å². The van der Waals surface area contributed by atoms with E-state index in [0.717, 1.165) is 16.7 Å². The minimum absolute atomic E-state index is 0.00688. The Balaban J connectivity index is 1.71. The Morgan fingerprint density at radius 3 is 2.68 bits per heavy atom. The summed E-state index contributed by atoms with van der Waals surface area (Å²) in [7, 11) is 1.60. The normalized spacial score (nSPS) is 11.1. The number of nitrogens with one attached hydrogen (secondary N) is 1. The van der Waals surface area contributed by atoms with Crippen LogP contribution in [0.15, 0.2) is 64.6 Å². The first-order valence-electron chi connectivity index (χ1n) is 7.71. The van der Waals surface area contributed by atoms with Crippen molar-refractivity contribution in [3.8, 4) is 11.8 Å². The van der Waals surface area contributed by atoms with Crippen LogP contribution >= 0.6 is 0 Å². The van der Waals surface area contributed by atoms with Crippen LogP contribution in [0.2, 0.25) is 0 Å². The molecule has 0 aliphatic carbocycles. The summed E-state index contributed by atoms with van der Waals surface area (Å²) in [4.78, 5) is 12.2. The van der Waals surface area contributed by atoms with Gasteiger partial charge in [0.05, 0.1) is 7.11 Å². The molecule has 0 aliphatic heterocycles. The lowest BCUT2D eigenvalue weighted by Crippen LogP contribution is -2.23. The van der Waals surface area contributed by atoms with Crippen molar-refractivity contribution in [2.75, 3.05) is 7.11 Å². The first-order valence-corrected chi connectivity index (χ1v) is 7.71. The second-order valence-electron chi connectivity index (χ2n) is 5.39. The molecule has 0 aliphatic rings. The minimum atomic E-state index is -0.446. The molecule has 3 aromatic rings. The number of carbonyl (C=O) groups is 1. The summed E-state index contributed by atoms with van der Waals surface area (Å²) in [5.41, 5.74) is 1.62. The Kier molecular flexibility index (Phi) is 4.82. The second kappa shape index (κ2) is 7.37. The summed E-state index contributed by atoms with van der Waals surface area (Å²) in [5, 5.41) is 12.9. The van der Waals surface area contributed by atoms with E-state index in [0.29, 0.717) is 17.9 Å². The van der Waals surface area contributed by atoms with Crippen molar-refractivity contribution in [3.05, 3.63) is 71.5 Å². The van der Waals surface area contributed by atoms with Crippen LogP contribution in [-0.2, 0) is 11.3 Å². The highest BCUT2D eigenvalue weighted by atomic mass is 16.5. The number of hydrogen-bond donors (Lipinski definition) is 1. The monoisotopic (exact) mass is 332 g/mol. The van der Waals surface area contributed by atoms with Gasteiger partial charge < -0.3 is 14.5 Å². The van der Waals surface area contributed by atoms with Crippen LogP contribution < -0.4 is 10.1 Å². The molecular weight excluding hydrogens is 316 g/mol. The topological polar surface area (TPSA) is 75.3 Å². The number of furan rings is 1. The maximum Gasteiger partial charge on any atom is 0.262 e. The number of para-hydroxylation sites is 1. The maximum absolute atomic E-state index is 12.2. The number of rotatable bonds is 5. The van der Waals surface area contributed by atoms with Crippen LogP contribution in [-0.4, -0.2) is 13.0 Å². The minimum Gasteiger partial charge on any atom is -0.497 e. The van der Waals surface area contributed by atoms with Gasteiger partial charge in [0.2, 0.25) is 0 Å². The van der Waals surface area contributed by atoms with Gasteiger partial charge in [-0.15, -0.1) is 0 Å². The fraction of sp³-hybridized carbons (Fsp3) is 0.100. The number of hydrogen-bond acceptors (Lipinski definition) is 4. The summed E-state index contributed by atoms with van der Waals surface area (Å²) in [6, 6.07) is 18.6. The van der Waals surface area contributed by atoms with Crippen LogP contribution in [0.3, 0.4) is 0 Å². The predicted octanol–water partition coefficient (Wildman–Crippen LogP) is 3.66. The third kappa shape index (κ3) is 3.88.